The largest absolute Gasteiger partial charge is 0.494 e. The first-order valence-electron chi connectivity index (χ1n) is 14.7. The van der Waals surface area contributed by atoms with E-state index in [1.54, 1.807) is 11.0 Å². The Labute approximate surface area is 233 Å². The number of carbonyl (C=O) groups is 3. The van der Waals surface area contributed by atoms with Crippen molar-refractivity contribution < 1.29 is 28.2 Å². The summed E-state index contributed by atoms with van der Waals surface area (Å²) in [6, 6.07) is 4.46. The van der Waals surface area contributed by atoms with Gasteiger partial charge in [-0.3, -0.25) is 19.7 Å². The Kier molecular flexibility index (Phi) is 6.35. The van der Waals surface area contributed by atoms with Crippen molar-refractivity contribution in [3.63, 3.8) is 0 Å². The van der Waals surface area contributed by atoms with Crippen LogP contribution in [-0.4, -0.2) is 66.3 Å². The van der Waals surface area contributed by atoms with Gasteiger partial charge in [-0.1, -0.05) is 12.1 Å². The quantitative estimate of drug-likeness (QED) is 0.396. The summed E-state index contributed by atoms with van der Waals surface area (Å²) in [6.45, 7) is 4.51. The lowest BCUT2D eigenvalue weighted by Gasteiger charge is -2.39. The first-order chi connectivity index (χ1) is 19.4. The number of piperidine rings is 2. The molecular weight excluding hydrogens is 513 g/mol. The summed E-state index contributed by atoms with van der Waals surface area (Å²) in [5, 5.41) is 2.38. The van der Waals surface area contributed by atoms with Gasteiger partial charge < -0.3 is 19.3 Å². The molecule has 3 amide bonds. The number of hydrogen-bond acceptors (Lipinski definition) is 6. The van der Waals surface area contributed by atoms with E-state index < -0.39 is 11.5 Å². The molecule has 6 aliphatic rings. The SMILES string of the molecule is O=C1CCC(N2CC3=C(OCCCCCN4CCC5(CC4)OCc4ccc(F)cc45)C=CC4CC34C2=O)C(=O)N1. The number of amides is 3. The Bertz CT molecular complexity index is 1320. The highest BCUT2D eigenvalue weighted by atomic mass is 19.1. The fourth-order valence-electron chi connectivity index (χ4n) is 7.59. The highest BCUT2D eigenvalue weighted by molar-refractivity contribution is 6.04. The minimum Gasteiger partial charge on any atom is -0.494 e. The summed E-state index contributed by atoms with van der Waals surface area (Å²) >= 11 is 0. The molecule has 1 N–H and O–H groups in total. The Hall–Kier alpha value is -3.04. The lowest BCUT2D eigenvalue weighted by Crippen LogP contribution is -2.53. The molecule has 1 aromatic rings. The number of nitrogens with one attached hydrogen (secondary N) is 1. The number of rotatable bonds is 8. The minimum absolute atomic E-state index is 0.00684. The molecule has 0 bridgehead atoms. The van der Waals surface area contributed by atoms with Gasteiger partial charge in [0.05, 0.1) is 24.2 Å². The van der Waals surface area contributed by atoms with Crippen LogP contribution in [0.2, 0.25) is 0 Å². The molecule has 1 saturated carbocycles. The predicted molar refractivity (Wildman–Crippen MR) is 143 cm³/mol. The van der Waals surface area contributed by atoms with E-state index in [4.69, 9.17) is 9.47 Å². The Balaban J connectivity index is 0.878. The maximum atomic E-state index is 13.9. The monoisotopic (exact) mass is 549 g/mol. The van der Waals surface area contributed by atoms with E-state index in [-0.39, 0.29) is 41.5 Å². The molecule has 9 heteroatoms. The lowest BCUT2D eigenvalue weighted by molar-refractivity contribution is -0.145. The third kappa shape index (κ3) is 4.20. The van der Waals surface area contributed by atoms with Gasteiger partial charge in [0.2, 0.25) is 17.7 Å². The van der Waals surface area contributed by atoms with Crippen molar-refractivity contribution >= 4 is 17.7 Å². The van der Waals surface area contributed by atoms with Crippen LogP contribution < -0.4 is 5.32 Å². The van der Waals surface area contributed by atoms with E-state index in [2.05, 4.69) is 16.3 Å². The molecule has 2 aliphatic carbocycles. The van der Waals surface area contributed by atoms with Crippen LogP contribution in [0.4, 0.5) is 4.39 Å². The number of imide groups is 1. The van der Waals surface area contributed by atoms with Crippen molar-refractivity contribution in [2.75, 3.05) is 32.8 Å². The number of nitrogens with zero attached hydrogens (tertiary/aromatic N) is 2. The van der Waals surface area contributed by atoms with Crippen LogP contribution in [0, 0.1) is 17.2 Å². The zero-order chi connectivity index (χ0) is 27.5. The summed E-state index contributed by atoms with van der Waals surface area (Å²) in [7, 11) is 0. The first kappa shape index (κ1) is 25.9. The van der Waals surface area contributed by atoms with Crippen LogP contribution >= 0.6 is 0 Å². The van der Waals surface area contributed by atoms with E-state index in [1.807, 2.05) is 12.1 Å². The molecule has 4 heterocycles. The zero-order valence-electron chi connectivity index (χ0n) is 22.8. The number of allylic oxidation sites excluding steroid dienone is 2. The van der Waals surface area contributed by atoms with Gasteiger partial charge in [0.1, 0.15) is 17.6 Å². The molecule has 0 radical (unpaired) electrons. The van der Waals surface area contributed by atoms with Crippen molar-refractivity contribution in [3.05, 3.63) is 58.6 Å². The highest BCUT2D eigenvalue weighted by Gasteiger charge is 2.69. The molecule has 3 atom stereocenters. The maximum Gasteiger partial charge on any atom is 0.249 e. The number of carbonyl (C=O) groups excluding carboxylic acids is 3. The van der Waals surface area contributed by atoms with Crippen LogP contribution in [0.1, 0.15) is 62.5 Å². The fourth-order valence-corrected chi connectivity index (χ4v) is 7.59. The Morgan fingerprint density at radius 1 is 1.12 bits per heavy atom. The van der Waals surface area contributed by atoms with Crippen molar-refractivity contribution in [2.24, 2.45) is 11.3 Å². The molecule has 3 unspecified atom stereocenters. The summed E-state index contributed by atoms with van der Waals surface area (Å²) in [6.07, 6.45) is 10.4. The maximum absolute atomic E-state index is 13.9. The number of benzene rings is 1. The van der Waals surface area contributed by atoms with Gasteiger partial charge in [0.15, 0.2) is 0 Å². The number of fused-ring (bicyclic) bond motifs is 2. The van der Waals surface area contributed by atoms with Gasteiger partial charge in [-0.2, -0.15) is 0 Å². The summed E-state index contributed by atoms with van der Waals surface area (Å²) in [5.41, 5.74) is 2.31. The van der Waals surface area contributed by atoms with E-state index in [1.165, 1.54) is 6.07 Å². The lowest BCUT2D eigenvalue weighted by atomic mass is 9.83. The molecule has 1 aromatic carbocycles. The smallest absolute Gasteiger partial charge is 0.249 e. The Morgan fingerprint density at radius 2 is 1.98 bits per heavy atom. The molecule has 212 valence electrons. The predicted octanol–water partition coefficient (Wildman–Crippen LogP) is 3.31. The third-order valence-corrected chi connectivity index (χ3v) is 9.99. The summed E-state index contributed by atoms with van der Waals surface area (Å²) in [4.78, 5) is 41.6. The van der Waals surface area contributed by atoms with Gasteiger partial charge in [-0.15, -0.1) is 0 Å². The number of hydrogen-bond donors (Lipinski definition) is 1. The average Bonchev–Trinajstić information content (AvgIpc) is 3.52. The first-order valence-corrected chi connectivity index (χ1v) is 14.7. The van der Waals surface area contributed by atoms with E-state index in [9.17, 15) is 18.8 Å². The number of likely N-dealkylation sites (tertiary alicyclic amines) is 2. The van der Waals surface area contributed by atoms with Gasteiger partial charge >= 0.3 is 0 Å². The van der Waals surface area contributed by atoms with Gasteiger partial charge in [0, 0.05) is 31.6 Å². The van der Waals surface area contributed by atoms with E-state index >= 15 is 0 Å². The number of halogens is 1. The molecule has 40 heavy (non-hydrogen) atoms. The second-order valence-corrected chi connectivity index (χ2v) is 12.2. The van der Waals surface area contributed by atoms with Gasteiger partial charge in [-0.05, 0) is 86.7 Å². The van der Waals surface area contributed by atoms with Crippen LogP contribution in [0.25, 0.3) is 0 Å². The third-order valence-electron chi connectivity index (χ3n) is 9.99. The van der Waals surface area contributed by atoms with Crippen LogP contribution in [0.5, 0.6) is 0 Å². The highest BCUT2D eigenvalue weighted by Crippen LogP contribution is 2.65. The van der Waals surface area contributed by atoms with Crippen molar-refractivity contribution in [2.45, 2.75) is 69.6 Å². The second kappa shape index (κ2) is 9.80. The molecule has 4 aliphatic heterocycles. The van der Waals surface area contributed by atoms with Gasteiger partial charge in [0.25, 0.3) is 0 Å². The summed E-state index contributed by atoms with van der Waals surface area (Å²) < 4.78 is 26.3. The number of ether oxygens (including phenoxy) is 2. The van der Waals surface area contributed by atoms with Crippen molar-refractivity contribution in [1.29, 1.82) is 0 Å². The molecule has 8 nitrogen and oxygen atoms in total. The van der Waals surface area contributed by atoms with Crippen LogP contribution in [-0.2, 0) is 36.1 Å². The molecule has 2 spiro atoms. The van der Waals surface area contributed by atoms with Crippen molar-refractivity contribution in [3.8, 4) is 0 Å². The molecule has 7 rings (SSSR count). The molecular formula is C31H36FN3O5. The van der Waals surface area contributed by atoms with Crippen molar-refractivity contribution in [1.82, 2.24) is 15.1 Å². The molecule has 4 fully saturated rings. The van der Waals surface area contributed by atoms with Crippen LogP contribution in [0.3, 0.4) is 0 Å². The molecule has 3 saturated heterocycles. The second-order valence-electron chi connectivity index (χ2n) is 12.2. The van der Waals surface area contributed by atoms with E-state index in [0.29, 0.717) is 26.2 Å². The normalized spacial score (nSPS) is 30.4. The summed E-state index contributed by atoms with van der Waals surface area (Å²) in [5.74, 6) is 0.149. The molecule has 0 aromatic heterocycles. The Morgan fingerprint density at radius 3 is 2.80 bits per heavy atom. The number of unbranched alkanes of at least 4 members (excludes halogenated alkanes) is 2. The zero-order valence-corrected chi connectivity index (χ0v) is 22.8. The minimum atomic E-state index is -0.582. The fraction of sp³-hybridized carbons (Fsp3) is 0.581. The topological polar surface area (TPSA) is 88.2 Å². The van der Waals surface area contributed by atoms with E-state index in [0.717, 1.165) is 80.6 Å². The van der Waals surface area contributed by atoms with Crippen LogP contribution in [0.15, 0.2) is 41.7 Å². The van der Waals surface area contributed by atoms with Gasteiger partial charge in [-0.25, -0.2) is 4.39 Å². The standard InChI is InChI=1S/C31H36FN3O5/c32-22-6-4-20-19-40-30(23(20)16-22)10-13-34(14-11-30)12-2-1-3-15-39-26-8-5-21-17-31(21)24(26)18-35(29(31)38)25-7-9-27(36)33-28(25)37/h4-6,8,16,21,25H,1-3,7,9-15,17-19H2,(H,33,36,37). The average molecular weight is 550 g/mol.